The van der Waals surface area contributed by atoms with E-state index in [-0.39, 0.29) is 43.0 Å². The maximum Gasteiger partial charge on any atom is 0.278 e. The van der Waals surface area contributed by atoms with Crippen molar-refractivity contribution in [2.75, 3.05) is 18.3 Å². The van der Waals surface area contributed by atoms with Crippen LogP contribution in [0.3, 0.4) is 0 Å². The van der Waals surface area contributed by atoms with Crippen LogP contribution < -0.4 is 19.9 Å². The summed E-state index contributed by atoms with van der Waals surface area (Å²) in [5.41, 5.74) is 0.311. The van der Waals surface area contributed by atoms with Crippen molar-refractivity contribution in [1.29, 1.82) is 0 Å². The second kappa shape index (κ2) is 10.7. The molecule has 10 heteroatoms. The van der Waals surface area contributed by atoms with Gasteiger partial charge in [0, 0.05) is 27.6 Å². The van der Waals surface area contributed by atoms with Gasteiger partial charge in [-0.2, -0.15) is 4.39 Å². The van der Waals surface area contributed by atoms with Crippen molar-refractivity contribution in [2.45, 2.75) is 44.4 Å². The van der Waals surface area contributed by atoms with Gasteiger partial charge >= 0.3 is 0 Å². The number of amides is 1. The molecule has 4 heterocycles. The van der Waals surface area contributed by atoms with Crippen molar-refractivity contribution in [1.82, 2.24) is 9.58 Å². The Morgan fingerprint density at radius 3 is 2.58 bits per heavy atom. The summed E-state index contributed by atoms with van der Waals surface area (Å²) < 4.78 is 43.7. The van der Waals surface area contributed by atoms with Gasteiger partial charge in [0.1, 0.15) is 25.9 Å². The predicted molar refractivity (Wildman–Crippen MR) is 159 cm³/mol. The maximum atomic E-state index is 15.4. The van der Waals surface area contributed by atoms with Crippen molar-refractivity contribution in [3.8, 4) is 11.5 Å². The summed E-state index contributed by atoms with van der Waals surface area (Å²) in [6, 6.07) is 16.7. The molecule has 0 saturated heterocycles. The van der Waals surface area contributed by atoms with Gasteiger partial charge < -0.3 is 14.4 Å². The molecule has 7 nitrogen and oxygen atoms in total. The lowest BCUT2D eigenvalue weighted by atomic mass is 9.74. The van der Waals surface area contributed by atoms with Crippen LogP contribution in [0.2, 0.25) is 0 Å². The molecule has 2 aliphatic heterocycles. The number of fused-ring (bicyclic) bond motifs is 6. The zero-order valence-electron chi connectivity index (χ0n) is 23.5. The highest BCUT2D eigenvalue weighted by Gasteiger charge is 2.49. The van der Waals surface area contributed by atoms with Crippen LogP contribution in [0.25, 0.3) is 0 Å². The highest BCUT2D eigenvalue weighted by molar-refractivity contribution is 7.12. The van der Waals surface area contributed by atoms with E-state index in [2.05, 4.69) is 0 Å². The molecule has 1 aliphatic carbocycles. The number of aryl methyl sites for hydroxylation is 1. The smallest absolute Gasteiger partial charge is 0.278 e. The molecule has 2 aromatic heterocycles. The van der Waals surface area contributed by atoms with E-state index in [9.17, 15) is 14.0 Å². The number of thiophene rings is 1. The lowest BCUT2D eigenvalue weighted by Gasteiger charge is -2.53. The van der Waals surface area contributed by atoms with Gasteiger partial charge in [0.25, 0.3) is 5.91 Å². The minimum atomic E-state index is -1.07. The molecule has 1 spiro atoms. The number of hydrogen-bond acceptors (Lipinski definition) is 6. The lowest BCUT2D eigenvalue weighted by Crippen LogP contribution is -2.64. The second-order valence-electron chi connectivity index (χ2n) is 11.1. The fourth-order valence-electron chi connectivity index (χ4n) is 6.18. The molecule has 0 N–H and O–H groups in total. The zero-order chi connectivity index (χ0) is 29.7. The maximum absolute atomic E-state index is 15.4. The van der Waals surface area contributed by atoms with Crippen LogP contribution in [-0.2, 0) is 6.61 Å². The van der Waals surface area contributed by atoms with Crippen LogP contribution in [-0.4, -0.2) is 34.3 Å². The number of halogens is 2. The first-order valence-corrected chi connectivity index (χ1v) is 15.0. The lowest BCUT2D eigenvalue weighted by molar-refractivity contribution is 0.0254. The normalized spacial score (nSPS) is 19.5. The fourth-order valence-corrected chi connectivity index (χ4v) is 7.18. The highest BCUT2D eigenvalue weighted by atomic mass is 32.1. The van der Waals surface area contributed by atoms with E-state index < -0.39 is 28.6 Å². The molecule has 2 bridgehead atoms. The first-order chi connectivity index (χ1) is 20.9. The summed E-state index contributed by atoms with van der Waals surface area (Å²) in [5.74, 6) is -2.64. The minimum absolute atomic E-state index is 0.00355. The van der Waals surface area contributed by atoms with E-state index in [1.807, 2.05) is 60.5 Å². The van der Waals surface area contributed by atoms with E-state index in [4.69, 9.17) is 9.47 Å². The van der Waals surface area contributed by atoms with Gasteiger partial charge in [0.05, 0.1) is 5.54 Å². The number of benzene rings is 2. The Kier molecular flexibility index (Phi) is 6.80. The highest BCUT2D eigenvalue weighted by Crippen LogP contribution is 2.46. The number of pyridine rings is 1. The van der Waals surface area contributed by atoms with Gasteiger partial charge in [0.15, 0.2) is 23.0 Å². The number of carbonyl (C=O) groups is 1. The molecule has 43 heavy (non-hydrogen) atoms. The fraction of sp³-hybridized carbons (Fsp3) is 0.273. The number of ether oxygens (including phenoxy) is 2. The number of hydrogen-bond donors (Lipinski definition) is 0. The topological polar surface area (TPSA) is 64.0 Å². The Balaban J connectivity index is 1.47. The summed E-state index contributed by atoms with van der Waals surface area (Å²) in [7, 11) is 0. The summed E-state index contributed by atoms with van der Waals surface area (Å²) in [5, 5.41) is 1.91. The molecule has 1 unspecified atom stereocenters. The summed E-state index contributed by atoms with van der Waals surface area (Å²) in [6.45, 7) is 2.21. The van der Waals surface area contributed by atoms with E-state index >= 15 is 4.39 Å². The van der Waals surface area contributed by atoms with Gasteiger partial charge in [-0.15, -0.1) is 11.3 Å². The van der Waals surface area contributed by atoms with Crippen LogP contribution in [0.15, 0.2) is 83.8 Å². The standard InChI is InChI=1S/C33H29F2N3O4S/c1-21-9-12-26(43-21)28-23-10-11-24(34)27(35)30(23)41-18-6-16-33(14-5-15-33)36-20-38(28)37-17-13-25(39)31(29(37)32(36)40)42-19-22-7-3-2-4-8-22/h2-4,6-13,16-17,28H,5,14-15,18-20H2,1H3/b16-6+. The quantitative estimate of drug-likeness (QED) is 0.265. The van der Waals surface area contributed by atoms with Gasteiger partial charge in [-0.25, -0.2) is 4.39 Å². The average Bonchev–Trinajstić information content (AvgIpc) is 3.41. The largest absolute Gasteiger partial charge is 0.486 e. The first-order valence-electron chi connectivity index (χ1n) is 14.2. The average molecular weight is 602 g/mol. The van der Waals surface area contributed by atoms with Gasteiger partial charge in [-0.05, 0) is 62.1 Å². The number of rotatable bonds is 4. The zero-order valence-corrected chi connectivity index (χ0v) is 24.3. The molecule has 220 valence electrons. The monoisotopic (exact) mass is 601 g/mol. The third-order valence-corrected chi connectivity index (χ3v) is 9.54. The van der Waals surface area contributed by atoms with Crippen LogP contribution in [0.5, 0.6) is 11.5 Å². The molecule has 1 saturated carbocycles. The Hall–Kier alpha value is -4.44. The van der Waals surface area contributed by atoms with Gasteiger partial charge in [-0.3, -0.25) is 19.3 Å². The SMILES string of the molecule is Cc1ccc(C2c3ccc(F)c(F)c3OC/C=C/C3(CCC3)N3CN2n2ccc(=O)c(OCc4ccccc4)c2C3=O)s1. The van der Waals surface area contributed by atoms with Gasteiger partial charge in [-0.1, -0.05) is 36.4 Å². The molecule has 7 rings (SSSR count). The molecular weight excluding hydrogens is 572 g/mol. The first kappa shape index (κ1) is 27.4. The van der Waals surface area contributed by atoms with Crippen LogP contribution in [0.1, 0.15) is 56.7 Å². The summed E-state index contributed by atoms with van der Waals surface area (Å²) in [4.78, 5) is 31.4. The van der Waals surface area contributed by atoms with Gasteiger partial charge in [0.2, 0.25) is 11.2 Å². The van der Waals surface area contributed by atoms with Crippen LogP contribution >= 0.6 is 11.3 Å². The molecule has 4 aromatic rings. The van der Waals surface area contributed by atoms with E-state index in [0.29, 0.717) is 5.56 Å². The predicted octanol–water partition coefficient (Wildman–Crippen LogP) is 6.09. The molecule has 0 radical (unpaired) electrons. The Labute approximate surface area is 251 Å². The Morgan fingerprint density at radius 1 is 1.05 bits per heavy atom. The number of carbonyl (C=O) groups excluding carboxylic acids is 1. The Bertz CT molecular complexity index is 1800. The Morgan fingerprint density at radius 2 is 1.86 bits per heavy atom. The van der Waals surface area contributed by atoms with E-state index in [1.54, 1.807) is 21.8 Å². The third kappa shape index (κ3) is 4.60. The van der Waals surface area contributed by atoms with Crippen molar-refractivity contribution < 1.29 is 23.0 Å². The summed E-state index contributed by atoms with van der Waals surface area (Å²) >= 11 is 1.52. The second-order valence-corrected chi connectivity index (χ2v) is 12.4. The molecule has 2 aromatic carbocycles. The van der Waals surface area contributed by atoms with Crippen molar-refractivity contribution in [3.63, 3.8) is 0 Å². The van der Waals surface area contributed by atoms with Crippen LogP contribution in [0.4, 0.5) is 8.78 Å². The molecule has 1 amide bonds. The van der Waals surface area contributed by atoms with Crippen LogP contribution in [0, 0.1) is 18.6 Å². The van der Waals surface area contributed by atoms with E-state index in [0.717, 1.165) is 40.6 Å². The van der Waals surface area contributed by atoms with Crippen molar-refractivity contribution >= 4 is 17.2 Å². The summed E-state index contributed by atoms with van der Waals surface area (Å²) in [6.07, 6.45) is 7.61. The number of nitrogens with zero attached hydrogens (tertiary/aromatic N) is 3. The molecule has 1 fully saturated rings. The molecule has 3 aliphatic rings. The molecular formula is C33H29F2N3O4S. The van der Waals surface area contributed by atoms with E-state index in [1.165, 1.54) is 23.5 Å². The third-order valence-electron chi connectivity index (χ3n) is 8.48. The minimum Gasteiger partial charge on any atom is -0.486 e. The molecule has 1 atom stereocenters. The van der Waals surface area contributed by atoms with Crippen molar-refractivity contribution in [3.05, 3.63) is 127 Å². The van der Waals surface area contributed by atoms with Crippen molar-refractivity contribution in [2.24, 2.45) is 0 Å². The number of aromatic nitrogens is 1.